The Balaban J connectivity index is 2.14. The van der Waals surface area contributed by atoms with E-state index in [0.29, 0.717) is 18.1 Å². The number of carbonyl (C=O) groups excluding carboxylic acids is 1. The third-order valence-corrected chi connectivity index (χ3v) is 5.42. The van der Waals surface area contributed by atoms with Gasteiger partial charge < -0.3 is 10.1 Å². The normalized spacial score (nSPS) is 12.6. The number of halogens is 1. The zero-order chi connectivity index (χ0) is 20.7. The molecule has 2 N–H and O–H groups in total. The summed E-state index contributed by atoms with van der Waals surface area (Å²) in [5.41, 5.74) is 0.664. The second-order valence-corrected chi connectivity index (χ2v) is 8.07. The molecule has 1 amide bonds. The van der Waals surface area contributed by atoms with Crippen LogP contribution in [0, 0.1) is 11.7 Å². The van der Waals surface area contributed by atoms with Crippen molar-refractivity contribution in [2.45, 2.75) is 38.3 Å². The second kappa shape index (κ2) is 9.61. The van der Waals surface area contributed by atoms with Crippen molar-refractivity contribution in [3.05, 3.63) is 54.0 Å². The van der Waals surface area contributed by atoms with E-state index in [2.05, 4.69) is 15.0 Å². The van der Waals surface area contributed by atoms with Crippen LogP contribution in [0.1, 0.15) is 26.3 Å². The Morgan fingerprint density at radius 2 is 1.93 bits per heavy atom. The summed E-state index contributed by atoms with van der Waals surface area (Å²) in [6.45, 7) is 5.76. The van der Waals surface area contributed by atoms with Crippen LogP contribution in [-0.2, 0) is 21.4 Å². The molecule has 0 unspecified atom stereocenters. The Morgan fingerprint density at radius 3 is 2.57 bits per heavy atom. The molecule has 152 valence electrons. The maximum Gasteiger partial charge on any atom is 0.244 e. The van der Waals surface area contributed by atoms with Gasteiger partial charge in [-0.15, -0.1) is 0 Å². The zero-order valence-electron chi connectivity index (χ0n) is 16.0. The number of sulfonamides is 1. The van der Waals surface area contributed by atoms with Crippen LogP contribution in [0.25, 0.3) is 0 Å². The number of amides is 1. The third kappa shape index (κ3) is 5.49. The van der Waals surface area contributed by atoms with Gasteiger partial charge in [0.05, 0.1) is 6.61 Å². The molecular weight excluding hydrogens is 385 g/mol. The number of hydrogen-bond acceptors (Lipinski definition) is 5. The van der Waals surface area contributed by atoms with Gasteiger partial charge in [0.25, 0.3) is 0 Å². The molecule has 0 radical (unpaired) electrons. The molecule has 2 rings (SSSR count). The standard InChI is InChI=1S/C19H24FN3O4S/c1-4-27-19-14(8-7-11-21-19)12-22-18(24)17(13(2)3)23-28(25,26)16-10-6-5-9-15(16)20/h5-11,13,17,23H,4,12H2,1-3H3,(H,22,24)/t17-/m0/s1. The van der Waals surface area contributed by atoms with Crippen molar-refractivity contribution >= 4 is 15.9 Å². The number of nitrogens with zero attached hydrogens (tertiary/aromatic N) is 1. The Hall–Kier alpha value is -2.52. The average Bonchev–Trinajstić information content (AvgIpc) is 2.65. The lowest BCUT2D eigenvalue weighted by Crippen LogP contribution is -2.49. The minimum absolute atomic E-state index is 0.118. The summed E-state index contributed by atoms with van der Waals surface area (Å²) in [6.07, 6.45) is 1.58. The summed E-state index contributed by atoms with van der Waals surface area (Å²) < 4.78 is 46.6. The summed E-state index contributed by atoms with van der Waals surface area (Å²) in [4.78, 5) is 16.2. The minimum atomic E-state index is -4.20. The molecule has 0 bridgehead atoms. The van der Waals surface area contributed by atoms with E-state index in [1.54, 1.807) is 32.2 Å². The van der Waals surface area contributed by atoms with Crippen LogP contribution in [0.2, 0.25) is 0 Å². The second-order valence-electron chi connectivity index (χ2n) is 6.39. The molecule has 9 heteroatoms. The summed E-state index contributed by atoms with van der Waals surface area (Å²) >= 11 is 0. The van der Waals surface area contributed by atoms with E-state index in [9.17, 15) is 17.6 Å². The van der Waals surface area contributed by atoms with Crippen molar-refractivity contribution in [1.82, 2.24) is 15.0 Å². The van der Waals surface area contributed by atoms with Gasteiger partial charge in [0.2, 0.25) is 21.8 Å². The molecule has 7 nitrogen and oxygen atoms in total. The lowest BCUT2D eigenvalue weighted by molar-refractivity contribution is -0.123. The first-order valence-corrected chi connectivity index (χ1v) is 10.4. The Kier molecular flexibility index (Phi) is 7.47. The Labute approximate surface area is 164 Å². The number of carbonyl (C=O) groups is 1. The Morgan fingerprint density at radius 1 is 1.21 bits per heavy atom. The van der Waals surface area contributed by atoms with Gasteiger partial charge in [0.15, 0.2) is 0 Å². The van der Waals surface area contributed by atoms with Crippen LogP contribution in [0.4, 0.5) is 4.39 Å². The molecule has 1 heterocycles. The van der Waals surface area contributed by atoms with Crippen LogP contribution in [-0.4, -0.2) is 32.0 Å². The predicted octanol–water partition coefficient (Wildman–Crippen LogP) is 2.24. The van der Waals surface area contributed by atoms with Crippen molar-refractivity contribution in [1.29, 1.82) is 0 Å². The van der Waals surface area contributed by atoms with E-state index in [0.717, 1.165) is 12.1 Å². The summed E-state index contributed by atoms with van der Waals surface area (Å²) in [5.74, 6) is -1.36. The van der Waals surface area contributed by atoms with Gasteiger partial charge in [0.1, 0.15) is 16.8 Å². The minimum Gasteiger partial charge on any atom is -0.478 e. The van der Waals surface area contributed by atoms with Gasteiger partial charge >= 0.3 is 0 Å². The van der Waals surface area contributed by atoms with Crippen molar-refractivity contribution < 1.29 is 22.3 Å². The number of nitrogens with one attached hydrogen (secondary N) is 2. The maximum atomic E-state index is 13.9. The molecule has 1 aromatic heterocycles. The SMILES string of the molecule is CCOc1ncccc1CNC(=O)[C@@H](NS(=O)(=O)c1ccccc1F)C(C)C. The van der Waals surface area contributed by atoms with Crippen molar-refractivity contribution in [2.24, 2.45) is 5.92 Å². The molecule has 0 saturated heterocycles. The highest BCUT2D eigenvalue weighted by Crippen LogP contribution is 2.17. The molecule has 0 fully saturated rings. The molecule has 0 saturated carbocycles. The van der Waals surface area contributed by atoms with E-state index in [-0.39, 0.29) is 12.5 Å². The van der Waals surface area contributed by atoms with Gasteiger partial charge in [-0.3, -0.25) is 4.79 Å². The number of ether oxygens (including phenoxy) is 1. The molecule has 1 aromatic carbocycles. The number of aromatic nitrogens is 1. The highest BCUT2D eigenvalue weighted by molar-refractivity contribution is 7.89. The lowest BCUT2D eigenvalue weighted by atomic mass is 10.0. The fourth-order valence-electron chi connectivity index (χ4n) is 2.50. The third-order valence-electron chi connectivity index (χ3n) is 3.94. The van der Waals surface area contributed by atoms with E-state index >= 15 is 0 Å². The predicted molar refractivity (Wildman–Crippen MR) is 103 cm³/mol. The quantitative estimate of drug-likeness (QED) is 0.662. The number of pyridine rings is 1. The molecule has 0 aliphatic rings. The van der Waals surface area contributed by atoms with Crippen LogP contribution < -0.4 is 14.8 Å². The summed E-state index contributed by atoms with van der Waals surface area (Å²) in [7, 11) is -4.20. The van der Waals surface area contributed by atoms with E-state index in [4.69, 9.17) is 4.74 Å². The molecular formula is C19H24FN3O4S. The molecule has 1 atom stereocenters. The fraction of sp³-hybridized carbons (Fsp3) is 0.368. The number of hydrogen-bond donors (Lipinski definition) is 2. The Bertz CT molecular complexity index is 919. The highest BCUT2D eigenvalue weighted by atomic mass is 32.2. The number of benzene rings is 1. The van der Waals surface area contributed by atoms with Gasteiger partial charge in [0, 0.05) is 18.3 Å². The van der Waals surface area contributed by atoms with Gasteiger partial charge in [-0.25, -0.2) is 17.8 Å². The first-order valence-electron chi connectivity index (χ1n) is 8.87. The highest BCUT2D eigenvalue weighted by Gasteiger charge is 2.29. The maximum absolute atomic E-state index is 13.9. The molecule has 0 aliphatic heterocycles. The first-order chi connectivity index (χ1) is 13.3. The largest absolute Gasteiger partial charge is 0.478 e. The summed E-state index contributed by atoms with van der Waals surface area (Å²) in [5, 5.41) is 2.69. The van der Waals surface area contributed by atoms with Gasteiger partial charge in [-0.2, -0.15) is 4.72 Å². The van der Waals surface area contributed by atoms with Crippen molar-refractivity contribution in [3.8, 4) is 5.88 Å². The van der Waals surface area contributed by atoms with Crippen molar-refractivity contribution in [3.63, 3.8) is 0 Å². The molecule has 2 aromatic rings. The zero-order valence-corrected chi connectivity index (χ0v) is 16.8. The van der Waals surface area contributed by atoms with Gasteiger partial charge in [-0.1, -0.05) is 32.0 Å². The van der Waals surface area contributed by atoms with Crippen molar-refractivity contribution in [2.75, 3.05) is 6.61 Å². The van der Waals surface area contributed by atoms with E-state index in [1.165, 1.54) is 12.1 Å². The topological polar surface area (TPSA) is 97.4 Å². The smallest absolute Gasteiger partial charge is 0.244 e. The lowest BCUT2D eigenvalue weighted by Gasteiger charge is -2.22. The van der Waals surface area contributed by atoms with E-state index in [1.807, 2.05) is 6.92 Å². The van der Waals surface area contributed by atoms with Gasteiger partial charge in [-0.05, 0) is 31.0 Å². The summed E-state index contributed by atoms with van der Waals surface area (Å²) in [6, 6.07) is 7.41. The molecule has 28 heavy (non-hydrogen) atoms. The van der Waals surface area contributed by atoms with Crippen LogP contribution in [0.15, 0.2) is 47.5 Å². The molecule has 0 spiro atoms. The molecule has 0 aliphatic carbocycles. The van der Waals surface area contributed by atoms with Crippen LogP contribution in [0.3, 0.4) is 0 Å². The average molecular weight is 409 g/mol. The number of rotatable bonds is 9. The first kappa shape index (κ1) is 21.8. The monoisotopic (exact) mass is 409 g/mol. The fourth-order valence-corrected chi connectivity index (χ4v) is 3.93. The van der Waals surface area contributed by atoms with Crippen LogP contribution in [0.5, 0.6) is 5.88 Å². The van der Waals surface area contributed by atoms with E-state index < -0.39 is 32.7 Å². The van der Waals surface area contributed by atoms with Crippen LogP contribution >= 0.6 is 0 Å².